The number of rotatable bonds is 4. The van der Waals surface area contributed by atoms with Gasteiger partial charge in [0.1, 0.15) is 5.82 Å². The lowest BCUT2D eigenvalue weighted by molar-refractivity contribution is -0.134. The van der Waals surface area contributed by atoms with Crippen molar-refractivity contribution in [2.45, 2.75) is 38.8 Å². The molecule has 0 saturated heterocycles. The number of carbonyl (C=O) groups excluding carboxylic acids is 1. The van der Waals surface area contributed by atoms with Gasteiger partial charge in [0.2, 0.25) is 5.91 Å². The van der Waals surface area contributed by atoms with Crippen molar-refractivity contribution < 1.29 is 9.18 Å². The highest BCUT2D eigenvalue weighted by Gasteiger charge is 2.44. The van der Waals surface area contributed by atoms with Crippen LogP contribution in [0.4, 0.5) is 4.39 Å². The Morgan fingerprint density at radius 2 is 1.94 bits per heavy atom. The second-order valence-electron chi connectivity index (χ2n) is 5.64. The first-order valence-electron chi connectivity index (χ1n) is 6.70. The van der Waals surface area contributed by atoms with Crippen molar-refractivity contribution in [3.05, 3.63) is 35.6 Å². The fourth-order valence-corrected chi connectivity index (χ4v) is 2.44. The highest BCUT2D eigenvalue weighted by atomic mass is 19.1. The lowest BCUT2D eigenvalue weighted by Crippen LogP contribution is -2.34. The van der Waals surface area contributed by atoms with E-state index in [4.69, 9.17) is 0 Å². The molecule has 3 heteroatoms. The van der Waals surface area contributed by atoms with Gasteiger partial charge in [-0.3, -0.25) is 4.79 Å². The molecule has 0 bridgehead atoms. The predicted molar refractivity (Wildman–Crippen MR) is 67.2 cm³/mol. The molecule has 2 fully saturated rings. The lowest BCUT2D eigenvalue weighted by atomic mass is 10.2. The molecule has 1 aromatic rings. The minimum absolute atomic E-state index is 0.223. The fourth-order valence-electron chi connectivity index (χ4n) is 2.44. The molecule has 0 N–H and O–H groups in total. The summed E-state index contributed by atoms with van der Waals surface area (Å²) in [5.41, 5.74) is 1.02. The first-order valence-corrected chi connectivity index (χ1v) is 6.70. The third-order valence-corrected chi connectivity index (χ3v) is 3.96. The molecule has 0 spiro atoms. The first kappa shape index (κ1) is 11.7. The summed E-state index contributed by atoms with van der Waals surface area (Å²) in [6, 6.07) is 6.90. The number of hydrogen-bond donors (Lipinski definition) is 0. The van der Waals surface area contributed by atoms with Gasteiger partial charge in [0.25, 0.3) is 0 Å². The summed E-state index contributed by atoms with van der Waals surface area (Å²) >= 11 is 0. The molecule has 0 aliphatic heterocycles. The van der Waals surface area contributed by atoms with E-state index in [1.807, 2.05) is 4.90 Å². The van der Waals surface area contributed by atoms with E-state index in [1.54, 1.807) is 12.1 Å². The van der Waals surface area contributed by atoms with E-state index in [0.717, 1.165) is 24.8 Å². The monoisotopic (exact) mass is 247 g/mol. The maximum Gasteiger partial charge on any atom is 0.226 e. The number of halogens is 1. The Hall–Kier alpha value is -1.38. The van der Waals surface area contributed by atoms with E-state index in [2.05, 4.69) is 6.92 Å². The summed E-state index contributed by atoms with van der Waals surface area (Å²) in [6.07, 6.45) is 3.27. The molecule has 2 nitrogen and oxygen atoms in total. The van der Waals surface area contributed by atoms with Crippen molar-refractivity contribution in [2.24, 2.45) is 11.8 Å². The Morgan fingerprint density at radius 1 is 1.33 bits per heavy atom. The molecule has 1 aromatic carbocycles. The number of carbonyl (C=O) groups is 1. The van der Waals surface area contributed by atoms with E-state index in [0.29, 0.717) is 24.4 Å². The molecule has 2 atom stereocenters. The predicted octanol–water partition coefficient (Wildman–Crippen LogP) is 2.97. The molecule has 0 heterocycles. The van der Waals surface area contributed by atoms with Crippen molar-refractivity contribution in [1.29, 1.82) is 0 Å². The summed E-state index contributed by atoms with van der Waals surface area (Å²) in [4.78, 5) is 14.3. The summed E-state index contributed by atoms with van der Waals surface area (Å²) in [6.45, 7) is 2.76. The minimum Gasteiger partial charge on any atom is -0.335 e. The van der Waals surface area contributed by atoms with E-state index >= 15 is 0 Å². The molecular weight excluding hydrogens is 229 g/mol. The molecule has 18 heavy (non-hydrogen) atoms. The zero-order valence-corrected chi connectivity index (χ0v) is 10.6. The second kappa shape index (κ2) is 4.38. The molecule has 0 radical (unpaired) electrons. The maximum atomic E-state index is 12.9. The van der Waals surface area contributed by atoms with Gasteiger partial charge in [-0.1, -0.05) is 19.1 Å². The van der Waals surface area contributed by atoms with Crippen LogP contribution >= 0.6 is 0 Å². The van der Waals surface area contributed by atoms with Crippen LogP contribution < -0.4 is 0 Å². The van der Waals surface area contributed by atoms with Crippen molar-refractivity contribution in [2.75, 3.05) is 0 Å². The van der Waals surface area contributed by atoms with Gasteiger partial charge in [0.05, 0.1) is 0 Å². The van der Waals surface area contributed by atoms with Crippen LogP contribution in [0.3, 0.4) is 0 Å². The number of benzene rings is 1. The van der Waals surface area contributed by atoms with Gasteiger partial charge in [-0.2, -0.15) is 0 Å². The summed E-state index contributed by atoms with van der Waals surface area (Å²) in [5.74, 6) is 0.867. The largest absolute Gasteiger partial charge is 0.335 e. The average molecular weight is 247 g/mol. The molecule has 3 rings (SSSR count). The molecule has 2 saturated carbocycles. The third-order valence-electron chi connectivity index (χ3n) is 3.96. The maximum absolute atomic E-state index is 12.9. The van der Waals surface area contributed by atoms with E-state index in [-0.39, 0.29) is 11.7 Å². The highest BCUT2D eigenvalue weighted by molar-refractivity contribution is 5.82. The van der Waals surface area contributed by atoms with Crippen molar-refractivity contribution in [1.82, 2.24) is 4.90 Å². The normalized spacial score (nSPS) is 25.9. The van der Waals surface area contributed by atoms with Crippen molar-refractivity contribution in [3.63, 3.8) is 0 Å². The van der Waals surface area contributed by atoms with Gasteiger partial charge in [-0.05, 0) is 42.9 Å². The van der Waals surface area contributed by atoms with Gasteiger partial charge >= 0.3 is 0 Å². The number of hydrogen-bond acceptors (Lipinski definition) is 1. The summed E-state index contributed by atoms with van der Waals surface area (Å²) in [5, 5.41) is 0. The highest BCUT2D eigenvalue weighted by Crippen LogP contribution is 2.41. The minimum atomic E-state index is -0.223. The van der Waals surface area contributed by atoms with Gasteiger partial charge in [0.15, 0.2) is 0 Å². The number of nitrogens with zero attached hydrogens (tertiary/aromatic N) is 1. The van der Waals surface area contributed by atoms with Gasteiger partial charge in [-0.15, -0.1) is 0 Å². The molecule has 96 valence electrons. The van der Waals surface area contributed by atoms with E-state index < -0.39 is 0 Å². The standard InChI is InChI=1S/C15H18FNO/c1-10-8-14(10)15(18)17(13-6-7-13)9-11-2-4-12(16)5-3-11/h2-5,10,13-14H,6-9H2,1H3. The van der Waals surface area contributed by atoms with Gasteiger partial charge in [0, 0.05) is 18.5 Å². The number of amides is 1. The van der Waals surface area contributed by atoms with Crippen LogP contribution in [0.15, 0.2) is 24.3 Å². The van der Waals surface area contributed by atoms with Crippen LogP contribution in [0.1, 0.15) is 31.7 Å². The van der Waals surface area contributed by atoms with Crippen molar-refractivity contribution >= 4 is 5.91 Å². The van der Waals surface area contributed by atoms with Crippen molar-refractivity contribution in [3.8, 4) is 0 Å². The summed E-state index contributed by atoms with van der Waals surface area (Å²) in [7, 11) is 0. The fraction of sp³-hybridized carbons (Fsp3) is 0.533. The second-order valence-corrected chi connectivity index (χ2v) is 5.64. The molecule has 0 aromatic heterocycles. The van der Waals surface area contributed by atoms with Gasteiger partial charge in [-0.25, -0.2) is 4.39 Å². The molecule has 1 amide bonds. The third kappa shape index (κ3) is 2.40. The Kier molecular flexibility index (Phi) is 2.84. The van der Waals surface area contributed by atoms with Crippen LogP contribution in [0, 0.1) is 17.7 Å². The van der Waals surface area contributed by atoms with Crippen LogP contribution in [-0.2, 0) is 11.3 Å². The van der Waals surface area contributed by atoms with E-state index in [9.17, 15) is 9.18 Å². The Bertz CT molecular complexity index is 452. The Labute approximate surface area is 107 Å². The topological polar surface area (TPSA) is 20.3 Å². The molecular formula is C15H18FNO. The summed E-state index contributed by atoms with van der Waals surface area (Å²) < 4.78 is 12.9. The SMILES string of the molecule is CC1CC1C(=O)N(Cc1ccc(F)cc1)C1CC1. The first-order chi connectivity index (χ1) is 8.65. The quantitative estimate of drug-likeness (QED) is 0.801. The van der Waals surface area contributed by atoms with Crippen LogP contribution in [0.5, 0.6) is 0 Å². The van der Waals surface area contributed by atoms with Crippen LogP contribution in [0.25, 0.3) is 0 Å². The molecule has 2 unspecified atom stereocenters. The van der Waals surface area contributed by atoms with E-state index in [1.165, 1.54) is 12.1 Å². The molecule has 2 aliphatic carbocycles. The van der Waals surface area contributed by atoms with Gasteiger partial charge < -0.3 is 4.90 Å². The average Bonchev–Trinajstić information content (AvgIpc) is 3.23. The molecule has 2 aliphatic rings. The zero-order chi connectivity index (χ0) is 12.7. The lowest BCUT2D eigenvalue weighted by Gasteiger charge is -2.22. The Balaban J connectivity index is 1.70. The smallest absolute Gasteiger partial charge is 0.226 e. The van der Waals surface area contributed by atoms with Crippen LogP contribution in [-0.4, -0.2) is 16.8 Å². The Morgan fingerprint density at radius 3 is 2.44 bits per heavy atom. The zero-order valence-electron chi connectivity index (χ0n) is 10.6. The van der Waals surface area contributed by atoms with Crippen LogP contribution in [0.2, 0.25) is 0 Å².